The van der Waals surface area contributed by atoms with Gasteiger partial charge in [0.1, 0.15) is 0 Å². The molecule has 0 unspecified atom stereocenters. The third-order valence-corrected chi connectivity index (χ3v) is 2.86. The summed E-state index contributed by atoms with van der Waals surface area (Å²) in [6.45, 7) is 4.39. The molecule has 2 nitrogen and oxygen atoms in total. The van der Waals surface area contributed by atoms with Gasteiger partial charge in [-0.05, 0) is 24.3 Å². The van der Waals surface area contributed by atoms with E-state index in [9.17, 15) is 0 Å². The van der Waals surface area contributed by atoms with Crippen LogP contribution in [0.3, 0.4) is 0 Å². The standard InChI is InChI=1S/C11H9BrClNO/c1-7(12)10-6-14-11(15-10)8-2-4-9(13)5-3-8/h2-5,10H,1,6H2/t10-/m0/s1. The van der Waals surface area contributed by atoms with Crippen molar-refractivity contribution in [3.63, 3.8) is 0 Å². The Morgan fingerprint density at radius 3 is 2.67 bits per heavy atom. The van der Waals surface area contributed by atoms with Crippen molar-refractivity contribution in [2.75, 3.05) is 6.54 Å². The van der Waals surface area contributed by atoms with Gasteiger partial charge >= 0.3 is 0 Å². The van der Waals surface area contributed by atoms with Crippen molar-refractivity contribution in [1.29, 1.82) is 0 Å². The van der Waals surface area contributed by atoms with E-state index in [1.807, 2.05) is 24.3 Å². The van der Waals surface area contributed by atoms with Gasteiger partial charge < -0.3 is 4.74 Å². The zero-order valence-electron chi connectivity index (χ0n) is 7.91. The highest BCUT2D eigenvalue weighted by atomic mass is 79.9. The number of ether oxygens (including phenoxy) is 1. The molecule has 1 aliphatic rings. The summed E-state index contributed by atoms with van der Waals surface area (Å²) in [5.74, 6) is 0.650. The summed E-state index contributed by atoms with van der Waals surface area (Å²) in [5.41, 5.74) is 0.940. The lowest BCUT2D eigenvalue weighted by molar-refractivity contribution is 0.272. The number of aliphatic imine (C=N–C) groups is 1. The van der Waals surface area contributed by atoms with E-state index >= 15 is 0 Å². The van der Waals surface area contributed by atoms with Crippen LogP contribution in [0.25, 0.3) is 0 Å². The lowest BCUT2D eigenvalue weighted by Gasteiger charge is -2.09. The first-order chi connectivity index (χ1) is 7.16. The fourth-order valence-electron chi connectivity index (χ4n) is 1.29. The van der Waals surface area contributed by atoms with Gasteiger partial charge in [0.15, 0.2) is 6.10 Å². The summed E-state index contributed by atoms with van der Waals surface area (Å²) in [5, 5.41) is 0.707. The molecule has 0 saturated carbocycles. The molecule has 0 aliphatic carbocycles. The Kier molecular flexibility index (Phi) is 3.12. The Morgan fingerprint density at radius 1 is 1.47 bits per heavy atom. The van der Waals surface area contributed by atoms with Gasteiger partial charge in [-0.2, -0.15) is 0 Å². The molecule has 0 bridgehead atoms. The first kappa shape index (κ1) is 10.7. The maximum Gasteiger partial charge on any atom is 0.216 e. The predicted molar refractivity (Wildman–Crippen MR) is 65.8 cm³/mol. The van der Waals surface area contributed by atoms with Gasteiger partial charge in [0.05, 0.1) is 6.54 Å². The highest BCUT2D eigenvalue weighted by molar-refractivity contribution is 9.11. The summed E-state index contributed by atoms with van der Waals surface area (Å²) in [4.78, 5) is 4.30. The summed E-state index contributed by atoms with van der Waals surface area (Å²) in [7, 11) is 0. The lowest BCUT2D eigenvalue weighted by Crippen LogP contribution is -2.12. The Bertz CT molecular complexity index is 413. The van der Waals surface area contributed by atoms with Gasteiger partial charge in [-0.1, -0.05) is 34.1 Å². The van der Waals surface area contributed by atoms with Crippen LogP contribution in [0.15, 0.2) is 40.3 Å². The second kappa shape index (κ2) is 4.37. The fraction of sp³-hybridized carbons (Fsp3) is 0.182. The van der Waals surface area contributed by atoms with Gasteiger partial charge in [0.25, 0.3) is 0 Å². The number of hydrogen-bond acceptors (Lipinski definition) is 2. The van der Waals surface area contributed by atoms with Crippen molar-refractivity contribution in [1.82, 2.24) is 0 Å². The van der Waals surface area contributed by atoms with Crippen molar-refractivity contribution < 1.29 is 4.74 Å². The molecule has 1 aliphatic heterocycles. The van der Waals surface area contributed by atoms with Gasteiger partial charge in [-0.25, -0.2) is 4.99 Å². The Balaban J connectivity index is 2.14. The van der Waals surface area contributed by atoms with E-state index in [4.69, 9.17) is 16.3 Å². The maximum atomic E-state index is 5.80. The summed E-state index contributed by atoms with van der Waals surface area (Å²) in [6.07, 6.45) is -0.0596. The van der Waals surface area contributed by atoms with Crippen molar-refractivity contribution in [3.8, 4) is 0 Å². The fourth-order valence-corrected chi connectivity index (χ4v) is 1.65. The van der Waals surface area contributed by atoms with E-state index in [-0.39, 0.29) is 6.10 Å². The molecular weight excluding hydrogens is 277 g/mol. The van der Waals surface area contributed by atoms with Crippen molar-refractivity contribution in [3.05, 3.63) is 45.9 Å². The van der Waals surface area contributed by atoms with Crippen molar-refractivity contribution in [2.45, 2.75) is 6.10 Å². The first-order valence-electron chi connectivity index (χ1n) is 4.48. The smallest absolute Gasteiger partial charge is 0.216 e. The molecule has 1 atom stereocenters. The van der Waals surface area contributed by atoms with Crippen LogP contribution < -0.4 is 0 Å². The van der Waals surface area contributed by atoms with Gasteiger partial charge in [-0.15, -0.1) is 0 Å². The molecule has 4 heteroatoms. The molecule has 0 N–H and O–H groups in total. The van der Waals surface area contributed by atoms with Crippen LogP contribution in [0, 0.1) is 0 Å². The number of hydrogen-bond donors (Lipinski definition) is 0. The minimum absolute atomic E-state index is 0.0596. The minimum Gasteiger partial charge on any atom is -0.467 e. The SMILES string of the molecule is C=C(Br)[C@@H]1CN=C(c2ccc(Cl)cc2)O1. The molecule has 0 radical (unpaired) electrons. The molecule has 0 amide bonds. The third kappa shape index (κ3) is 2.41. The zero-order chi connectivity index (χ0) is 10.8. The summed E-state index contributed by atoms with van der Waals surface area (Å²) < 4.78 is 6.42. The largest absolute Gasteiger partial charge is 0.467 e. The predicted octanol–water partition coefficient (Wildman–Crippen LogP) is 3.39. The van der Waals surface area contributed by atoms with E-state index in [2.05, 4.69) is 27.5 Å². The summed E-state index contributed by atoms with van der Waals surface area (Å²) >= 11 is 9.09. The molecule has 0 fully saturated rings. The maximum absolute atomic E-state index is 5.80. The average molecular weight is 287 g/mol. The Labute approximate surface area is 102 Å². The third-order valence-electron chi connectivity index (χ3n) is 2.10. The molecular formula is C11H9BrClNO. The lowest BCUT2D eigenvalue weighted by atomic mass is 10.2. The van der Waals surface area contributed by atoms with Crippen LogP contribution in [0.4, 0.5) is 0 Å². The van der Waals surface area contributed by atoms with Crippen LogP contribution in [0.2, 0.25) is 5.02 Å². The zero-order valence-corrected chi connectivity index (χ0v) is 10.3. The normalized spacial score (nSPS) is 19.6. The van der Waals surface area contributed by atoms with E-state index in [1.54, 1.807) is 0 Å². The van der Waals surface area contributed by atoms with Crippen LogP contribution >= 0.6 is 27.5 Å². The minimum atomic E-state index is -0.0596. The van der Waals surface area contributed by atoms with Gasteiger partial charge in [0.2, 0.25) is 5.90 Å². The molecule has 0 saturated heterocycles. The molecule has 1 aromatic carbocycles. The molecule has 2 rings (SSSR count). The quantitative estimate of drug-likeness (QED) is 0.816. The van der Waals surface area contributed by atoms with E-state index in [0.717, 1.165) is 10.0 Å². The molecule has 15 heavy (non-hydrogen) atoms. The van der Waals surface area contributed by atoms with Crippen LogP contribution in [-0.4, -0.2) is 18.5 Å². The average Bonchev–Trinajstić information content (AvgIpc) is 2.68. The highest BCUT2D eigenvalue weighted by Crippen LogP contribution is 2.21. The van der Waals surface area contributed by atoms with Crippen LogP contribution in [0.1, 0.15) is 5.56 Å². The van der Waals surface area contributed by atoms with E-state index in [0.29, 0.717) is 17.5 Å². The number of halogens is 2. The summed E-state index contributed by atoms with van der Waals surface area (Å²) in [6, 6.07) is 7.42. The Hall–Kier alpha value is -0.800. The molecule has 1 aromatic rings. The first-order valence-corrected chi connectivity index (χ1v) is 5.65. The van der Waals surface area contributed by atoms with Gasteiger partial charge in [0, 0.05) is 15.1 Å². The number of benzene rings is 1. The van der Waals surface area contributed by atoms with Gasteiger partial charge in [-0.3, -0.25) is 0 Å². The second-order valence-corrected chi connectivity index (χ2v) is 4.66. The van der Waals surface area contributed by atoms with Crippen molar-refractivity contribution in [2.24, 2.45) is 4.99 Å². The molecule has 78 valence electrons. The van der Waals surface area contributed by atoms with Crippen LogP contribution in [-0.2, 0) is 4.74 Å². The number of rotatable bonds is 2. The molecule has 0 spiro atoms. The van der Waals surface area contributed by atoms with E-state index in [1.165, 1.54) is 0 Å². The van der Waals surface area contributed by atoms with Crippen LogP contribution in [0.5, 0.6) is 0 Å². The second-order valence-electron chi connectivity index (χ2n) is 3.21. The Morgan fingerprint density at radius 2 is 2.13 bits per heavy atom. The molecule has 0 aromatic heterocycles. The molecule has 1 heterocycles. The topological polar surface area (TPSA) is 21.6 Å². The highest BCUT2D eigenvalue weighted by Gasteiger charge is 2.21. The monoisotopic (exact) mass is 285 g/mol. The van der Waals surface area contributed by atoms with E-state index < -0.39 is 0 Å². The number of nitrogens with zero attached hydrogens (tertiary/aromatic N) is 1. The van der Waals surface area contributed by atoms with Crippen molar-refractivity contribution >= 4 is 33.4 Å².